The minimum atomic E-state index is 0.471. The van der Waals surface area contributed by atoms with Crippen LogP contribution in [0.1, 0.15) is 45.6 Å². The Morgan fingerprint density at radius 2 is 2.00 bits per heavy atom. The topological polar surface area (TPSA) is 21.3 Å². The second kappa shape index (κ2) is 5.31. The number of fused-ring (bicyclic) bond motifs is 2. The van der Waals surface area contributed by atoms with E-state index in [1.165, 1.54) is 24.8 Å². The van der Waals surface area contributed by atoms with Gasteiger partial charge in [-0.05, 0) is 60.6 Å². The molecule has 0 saturated heterocycles. The number of methoxy groups -OCH3 is 1. The fraction of sp³-hybridized carbons (Fsp3) is 0.684. The van der Waals surface area contributed by atoms with Crippen LogP contribution < -0.4 is 10.1 Å². The maximum atomic E-state index is 5.44. The van der Waals surface area contributed by atoms with Gasteiger partial charge in [-0.1, -0.05) is 39.0 Å². The normalized spacial score (nSPS) is 33.3. The summed E-state index contributed by atoms with van der Waals surface area (Å²) in [5.74, 6) is 1.92. The fourth-order valence-electron chi connectivity index (χ4n) is 4.80. The van der Waals surface area contributed by atoms with E-state index in [2.05, 4.69) is 44.3 Å². The molecule has 116 valence electrons. The first-order valence-corrected chi connectivity index (χ1v) is 8.34. The molecule has 3 atom stereocenters. The highest BCUT2D eigenvalue weighted by molar-refractivity contribution is 5.33. The quantitative estimate of drug-likeness (QED) is 0.882. The number of para-hydroxylation sites is 1. The molecule has 1 aromatic rings. The van der Waals surface area contributed by atoms with Gasteiger partial charge in [-0.3, -0.25) is 0 Å². The van der Waals surface area contributed by atoms with E-state index < -0.39 is 0 Å². The van der Waals surface area contributed by atoms with E-state index in [1.54, 1.807) is 7.11 Å². The Labute approximate surface area is 129 Å². The Kier molecular flexibility index (Phi) is 3.77. The molecule has 3 rings (SSSR count). The summed E-state index contributed by atoms with van der Waals surface area (Å²) in [7, 11) is 1.76. The van der Waals surface area contributed by atoms with Gasteiger partial charge in [0.05, 0.1) is 7.11 Å². The maximum absolute atomic E-state index is 5.44. The van der Waals surface area contributed by atoms with Gasteiger partial charge in [-0.2, -0.15) is 0 Å². The molecule has 21 heavy (non-hydrogen) atoms. The monoisotopic (exact) mass is 287 g/mol. The number of nitrogens with one attached hydrogen (secondary N) is 1. The number of benzene rings is 1. The van der Waals surface area contributed by atoms with E-state index in [0.717, 1.165) is 24.6 Å². The third kappa shape index (κ3) is 2.28. The summed E-state index contributed by atoms with van der Waals surface area (Å²) in [6.07, 6.45) is 5.21. The molecule has 0 heterocycles. The van der Waals surface area contributed by atoms with Gasteiger partial charge in [0, 0.05) is 6.04 Å². The fourth-order valence-corrected chi connectivity index (χ4v) is 4.80. The molecular formula is C19H29NO. The predicted molar refractivity (Wildman–Crippen MR) is 87.7 cm³/mol. The lowest BCUT2D eigenvalue weighted by Gasteiger charge is -2.39. The summed E-state index contributed by atoms with van der Waals surface area (Å²) in [6, 6.07) is 9.04. The average molecular weight is 287 g/mol. The minimum absolute atomic E-state index is 0.471. The van der Waals surface area contributed by atoms with Crippen LogP contribution in [0.25, 0.3) is 0 Å². The van der Waals surface area contributed by atoms with Gasteiger partial charge >= 0.3 is 0 Å². The lowest BCUT2D eigenvalue weighted by atomic mass is 9.69. The zero-order valence-corrected chi connectivity index (χ0v) is 13.9. The van der Waals surface area contributed by atoms with E-state index in [-0.39, 0.29) is 0 Å². The smallest absolute Gasteiger partial charge is 0.122 e. The van der Waals surface area contributed by atoms with E-state index in [1.807, 2.05) is 6.07 Å². The van der Waals surface area contributed by atoms with E-state index in [0.29, 0.717) is 16.9 Å². The van der Waals surface area contributed by atoms with Gasteiger partial charge < -0.3 is 10.1 Å². The van der Waals surface area contributed by atoms with Crippen LogP contribution in [0.4, 0.5) is 0 Å². The average Bonchev–Trinajstić information content (AvgIpc) is 2.81. The SMILES string of the molecule is COc1ccccc1CCNC1CC2CCC1(C)C2(C)C. The largest absolute Gasteiger partial charge is 0.496 e. The summed E-state index contributed by atoms with van der Waals surface area (Å²) in [4.78, 5) is 0. The van der Waals surface area contributed by atoms with Gasteiger partial charge in [0.15, 0.2) is 0 Å². The second-order valence-electron chi connectivity index (χ2n) is 7.68. The Balaban J connectivity index is 1.60. The molecule has 0 radical (unpaired) electrons. The van der Waals surface area contributed by atoms with Crippen LogP contribution in [-0.2, 0) is 6.42 Å². The summed E-state index contributed by atoms with van der Waals surface area (Å²) in [6.45, 7) is 8.50. The van der Waals surface area contributed by atoms with E-state index in [4.69, 9.17) is 4.74 Å². The molecule has 1 N–H and O–H groups in total. The van der Waals surface area contributed by atoms with Crippen LogP contribution in [0.5, 0.6) is 5.75 Å². The Morgan fingerprint density at radius 3 is 2.62 bits per heavy atom. The molecule has 2 aliphatic carbocycles. The van der Waals surface area contributed by atoms with Crippen molar-refractivity contribution < 1.29 is 4.74 Å². The highest BCUT2D eigenvalue weighted by Crippen LogP contribution is 2.65. The predicted octanol–water partition coefficient (Wildman–Crippen LogP) is 4.04. The maximum Gasteiger partial charge on any atom is 0.122 e. The number of ether oxygens (including phenoxy) is 1. The molecule has 2 aliphatic rings. The van der Waals surface area contributed by atoms with Crippen LogP contribution >= 0.6 is 0 Å². The standard InChI is InChI=1S/C19H29NO/c1-18(2)15-9-11-19(18,3)17(13-15)20-12-10-14-7-5-6-8-16(14)21-4/h5-8,15,17,20H,9-13H2,1-4H3. The van der Waals surface area contributed by atoms with Crippen molar-refractivity contribution in [2.45, 2.75) is 52.5 Å². The molecule has 1 aromatic carbocycles. The van der Waals surface area contributed by atoms with Crippen molar-refractivity contribution in [2.24, 2.45) is 16.7 Å². The second-order valence-corrected chi connectivity index (χ2v) is 7.68. The van der Waals surface area contributed by atoms with Crippen LogP contribution in [0.2, 0.25) is 0 Å². The van der Waals surface area contributed by atoms with Crippen LogP contribution in [0.15, 0.2) is 24.3 Å². The molecule has 2 saturated carbocycles. The van der Waals surface area contributed by atoms with Crippen molar-refractivity contribution in [1.29, 1.82) is 0 Å². The van der Waals surface area contributed by atoms with Crippen molar-refractivity contribution in [3.63, 3.8) is 0 Å². The molecule has 3 unspecified atom stereocenters. The van der Waals surface area contributed by atoms with Crippen molar-refractivity contribution in [3.8, 4) is 5.75 Å². The first kappa shape index (κ1) is 14.9. The molecule has 0 aromatic heterocycles. The Morgan fingerprint density at radius 1 is 1.24 bits per heavy atom. The van der Waals surface area contributed by atoms with Gasteiger partial charge in [0.25, 0.3) is 0 Å². The third-order valence-corrected chi connectivity index (χ3v) is 6.77. The van der Waals surface area contributed by atoms with Crippen LogP contribution in [0, 0.1) is 16.7 Å². The lowest BCUT2D eigenvalue weighted by molar-refractivity contribution is 0.121. The molecule has 0 aliphatic heterocycles. The lowest BCUT2D eigenvalue weighted by Crippen LogP contribution is -2.45. The molecule has 2 heteroatoms. The van der Waals surface area contributed by atoms with Gasteiger partial charge in [0.1, 0.15) is 5.75 Å². The number of hydrogen-bond acceptors (Lipinski definition) is 2. The van der Waals surface area contributed by atoms with Gasteiger partial charge in [0.2, 0.25) is 0 Å². The summed E-state index contributed by atoms with van der Waals surface area (Å²) < 4.78 is 5.44. The molecular weight excluding hydrogens is 258 g/mol. The zero-order chi connectivity index (χ0) is 15.1. The van der Waals surface area contributed by atoms with Crippen LogP contribution in [0.3, 0.4) is 0 Å². The summed E-state index contributed by atoms with van der Waals surface area (Å²) >= 11 is 0. The van der Waals surface area contributed by atoms with E-state index in [9.17, 15) is 0 Å². The Bertz CT molecular complexity index is 510. The number of hydrogen-bond donors (Lipinski definition) is 1. The highest BCUT2D eigenvalue weighted by atomic mass is 16.5. The van der Waals surface area contributed by atoms with Gasteiger partial charge in [-0.15, -0.1) is 0 Å². The van der Waals surface area contributed by atoms with Crippen molar-refractivity contribution in [3.05, 3.63) is 29.8 Å². The van der Waals surface area contributed by atoms with Crippen molar-refractivity contribution in [2.75, 3.05) is 13.7 Å². The molecule has 0 amide bonds. The zero-order valence-electron chi connectivity index (χ0n) is 13.9. The summed E-state index contributed by atoms with van der Waals surface area (Å²) in [5, 5.41) is 3.85. The minimum Gasteiger partial charge on any atom is -0.496 e. The van der Waals surface area contributed by atoms with Crippen LogP contribution in [-0.4, -0.2) is 19.7 Å². The first-order chi connectivity index (χ1) is 9.99. The first-order valence-electron chi connectivity index (χ1n) is 8.34. The van der Waals surface area contributed by atoms with Gasteiger partial charge in [-0.25, -0.2) is 0 Å². The Hall–Kier alpha value is -1.02. The molecule has 2 bridgehead atoms. The van der Waals surface area contributed by atoms with E-state index >= 15 is 0 Å². The van der Waals surface area contributed by atoms with Crippen molar-refractivity contribution >= 4 is 0 Å². The number of rotatable bonds is 5. The molecule has 2 fully saturated rings. The molecule has 0 spiro atoms. The summed E-state index contributed by atoms with van der Waals surface area (Å²) in [5.41, 5.74) is 2.27. The third-order valence-electron chi connectivity index (χ3n) is 6.77. The van der Waals surface area contributed by atoms with Crippen molar-refractivity contribution in [1.82, 2.24) is 5.32 Å². The highest BCUT2D eigenvalue weighted by Gasteiger charge is 2.60. The molecule has 2 nitrogen and oxygen atoms in total.